The number of anilines is 1. The van der Waals surface area contributed by atoms with Crippen LogP contribution < -0.4 is 4.90 Å². The van der Waals surface area contributed by atoms with E-state index in [0.717, 1.165) is 6.42 Å². The SMILES string of the molecule is Cc1ocnc1C(=O)N1CCCC2(CC1)CN(c1cccc(F)c1)C(=O)CO2. The molecule has 0 radical (unpaired) electrons. The smallest absolute Gasteiger partial charge is 0.276 e. The van der Waals surface area contributed by atoms with E-state index in [4.69, 9.17) is 9.15 Å². The maximum absolute atomic E-state index is 13.6. The number of carbonyl (C=O) groups is 2. The number of amides is 2. The Bertz CT molecular complexity index is 899. The Morgan fingerprint density at radius 2 is 2.14 bits per heavy atom. The number of likely N-dealkylation sites (tertiary alicyclic amines) is 1. The summed E-state index contributed by atoms with van der Waals surface area (Å²) in [7, 11) is 0. The molecule has 2 aliphatic heterocycles. The molecule has 0 bridgehead atoms. The maximum Gasteiger partial charge on any atom is 0.276 e. The van der Waals surface area contributed by atoms with Gasteiger partial charge < -0.3 is 19.0 Å². The van der Waals surface area contributed by atoms with Crippen molar-refractivity contribution in [2.75, 3.05) is 31.1 Å². The average Bonchev–Trinajstić information content (AvgIpc) is 3.01. The Balaban J connectivity index is 1.50. The second-order valence-corrected chi connectivity index (χ2v) is 7.33. The lowest BCUT2D eigenvalue weighted by atomic mass is 9.92. The van der Waals surface area contributed by atoms with Crippen LogP contribution in [0.5, 0.6) is 0 Å². The van der Waals surface area contributed by atoms with Crippen molar-refractivity contribution in [2.24, 2.45) is 0 Å². The molecule has 0 saturated carbocycles. The van der Waals surface area contributed by atoms with Gasteiger partial charge in [-0.05, 0) is 44.4 Å². The third kappa shape index (κ3) is 3.52. The van der Waals surface area contributed by atoms with E-state index in [1.807, 2.05) is 0 Å². The summed E-state index contributed by atoms with van der Waals surface area (Å²) in [6.45, 7) is 3.10. The van der Waals surface area contributed by atoms with Crippen LogP contribution >= 0.6 is 0 Å². The van der Waals surface area contributed by atoms with Gasteiger partial charge in [-0.25, -0.2) is 9.37 Å². The van der Waals surface area contributed by atoms with E-state index in [1.54, 1.807) is 28.9 Å². The molecule has 3 heterocycles. The first-order valence-electron chi connectivity index (χ1n) is 9.37. The maximum atomic E-state index is 13.6. The quantitative estimate of drug-likeness (QED) is 0.792. The zero-order valence-electron chi connectivity index (χ0n) is 15.7. The Labute approximate surface area is 162 Å². The molecular formula is C20H22FN3O4. The number of morpholine rings is 1. The number of halogens is 1. The van der Waals surface area contributed by atoms with Gasteiger partial charge in [-0.15, -0.1) is 0 Å². The van der Waals surface area contributed by atoms with Gasteiger partial charge in [0.2, 0.25) is 0 Å². The fourth-order valence-corrected chi connectivity index (χ4v) is 3.93. The zero-order chi connectivity index (χ0) is 19.7. The standard InChI is InChI=1S/C20H22FN3O4/c1-14-18(22-13-27-14)19(26)23-8-3-6-20(7-9-23)12-24(17(25)11-28-20)16-5-2-4-15(21)10-16/h2,4-5,10,13H,3,6-9,11-12H2,1H3. The van der Waals surface area contributed by atoms with Gasteiger partial charge in [0.1, 0.15) is 18.2 Å². The highest BCUT2D eigenvalue weighted by Crippen LogP contribution is 2.33. The molecule has 1 unspecified atom stereocenters. The Morgan fingerprint density at radius 1 is 1.29 bits per heavy atom. The molecule has 4 rings (SSSR count). The first-order chi connectivity index (χ1) is 13.5. The van der Waals surface area contributed by atoms with Gasteiger partial charge in [0.25, 0.3) is 11.8 Å². The van der Waals surface area contributed by atoms with E-state index in [0.29, 0.717) is 49.6 Å². The number of aryl methyl sites for hydroxylation is 1. The van der Waals surface area contributed by atoms with Crippen molar-refractivity contribution in [1.82, 2.24) is 9.88 Å². The van der Waals surface area contributed by atoms with Gasteiger partial charge in [0.15, 0.2) is 12.1 Å². The lowest BCUT2D eigenvalue weighted by Gasteiger charge is -2.42. The first kappa shape index (κ1) is 18.6. The summed E-state index contributed by atoms with van der Waals surface area (Å²) in [4.78, 5) is 32.5. The molecule has 148 valence electrons. The molecule has 2 saturated heterocycles. The molecule has 1 atom stereocenters. The lowest BCUT2D eigenvalue weighted by Crippen LogP contribution is -2.55. The topological polar surface area (TPSA) is 75.9 Å². The number of benzene rings is 1. The monoisotopic (exact) mass is 387 g/mol. The van der Waals surface area contributed by atoms with Crippen molar-refractivity contribution in [3.63, 3.8) is 0 Å². The number of hydrogen-bond acceptors (Lipinski definition) is 5. The van der Waals surface area contributed by atoms with E-state index in [1.165, 1.54) is 18.5 Å². The highest BCUT2D eigenvalue weighted by Gasteiger charge is 2.42. The van der Waals surface area contributed by atoms with Crippen LogP contribution in [0, 0.1) is 12.7 Å². The fraction of sp³-hybridized carbons (Fsp3) is 0.450. The number of hydrogen-bond donors (Lipinski definition) is 0. The minimum Gasteiger partial charge on any atom is -0.448 e. The van der Waals surface area contributed by atoms with Crippen LogP contribution in [-0.4, -0.2) is 53.5 Å². The van der Waals surface area contributed by atoms with Crippen LogP contribution in [0.15, 0.2) is 35.1 Å². The van der Waals surface area contributed by atoms with E-state index in [-0.39, 0.29) is 24.2 Å². The van der Waals surface area contributed by atoms with Crippen LogP contribution in [0.4, 0.5) is 10.1 Å². The summed E-state index contributed by atoms with van der Waals surface area (Å²) in [5.74, 6) is -0.226. The fourth-order valence-electron chi connectivity index (χ4n) is 3.93. The minimum absolute atomic E-state index is 0.0488. The first-order valence-corrected chi connectivity index (χ1v) is 9.37. The highest BCUT2D eigenvalue weighted by atomic mass is 19.1. The van der Waals surface area contributed by atoms with E-state index in [9.17, 15) is 14.0 Å². The minimum atomic E-state index is -0.547. The van der Waals surface area contributed by atoms with Crippen molar-refractivity contribution >= 4 is 17.5 Å². The molecule has 7 nitrogen and oxygen atoms in total. The Kier molecular flexibility index (Phi) is 4.89. The molecule has 1 aromatic heterocycles. The van der Waals surface area contributed by atoms with Gasteiger partial charge in [-0.2, -0.15) is 0 Å². The number of carbonyl (C=O) groups excluding carboxylic acids is 2. The van der Waals surface area contributed by atoms with Crippen LogP contribution in [0.25, 0.3) is 0 Å². The summed E-state index contributed by atoms with van der Waals surface area (Å²) in [5, 5.41) is 0. The molecule has 1 aromatic carbocycles. The number of rotatable bonds is 2. The van der Waals surface area contributed by atoms with Crippen LogP contribution in [0.2, 0.25) is 0 Å². The van der Waals surface area contributed by atoms with E-state index in [2.05, 4.69) is 4.98 Å². The van der Waals surface area contributed by atoms with Gasteiger partial charge in [0, 0.05) is 18.8 Å². The molecule has 0 aliphatic carbocycles. The summed E-state index contributed by atoms with van der Waals surface area (Å²) < 4.78 is 24.7. The van der Waals surface area contributed by atoms with Gasteiger partial charge >= 0.3 is 0 Å². The van der Waals surface area contributed by atoms with Crippen molar-refractivity contribution in [2.45, 2.75) is 31.8 Å². The summed E-state index contributed by atoms with van der Waals surface area (Å²) in [6, 6.07) is 6.02. The van der Waals surface area contributed by atoms with E-state index < -0.39 is 5.60 Å². The molecule has 28 heavy (non-hydrogen) atoms. The Hall–Kier alpha value is -2.74. The number of nitrogens with zero attached hydrogens (tertiary/aromatic N) is 3. The van der Waals surface area contributed by atoms with Crippen molar-refractivity contribution in [1.29, 1.82) is 0 Å². The normalized spacial score (nSPS) is 23.1. The number of oxazole rings is 1. The molecule has 2 fully saturated rings. The molecule has 2 aromatic rings. The Morgan fingerprint density at radius 3 is 2.89 bits per heavy atom. The summed E-state index contributed by atoms with van der Waals surface area (Å²) in [6.07, 6.45) is 3.32. The summed E-state index contributed by atoms with van der Waals surface area (Å²) >= 11 is 0. The van der Waals surface area contributed by atoms with Crippen molar-refractivity contribution in [3.8, 4) is 0 Å². The predicted molar refractivity (Wildman–Crippen MR) is 98.4 cm³/mol. The van der Waals surface area contributed by atoms with Gasteiger partial charge in [-0.3, -0.25) is 9.59 Å². The van der Waals surface area contributed by atoms with E-state index >= 15 is 0 Å². The van der Waals surface area contributed by atoms with Gasteiger partial charge in [0.05, 0.1) is 12.1 Å². The predicted octanol–water partition coefficient (Wildman–Crippen LogP) is 2.55. The zero-order valence-corrected chi connectivity index (χ0v) is 15.7. The molecule has 2 aliphatic rings. The second-order valence-electron chi connectivity index (χ2n) is 7.33. The van der Waals surface area contributed by atoms with Crippen molar-refractivity contribution in [3.05, 3.63) is 47.9 Å². The average molecular weight is 387 g/mol. The highest BCUT2D eigenvalue weighted by molar-refractivity contribution is 5.95. The lowest BCUT2D eigenvalue weighted by molar-refractivity contribution is -0.140. The largest absolute Gasteiger partial charge is 0.448 e. The van der Waals surface area contributed by atoms with Crippen LogP contribution in [0.3, 0.4) is 0 Å². The third-order valence-electron chi connectivity index (χ3n) is 5.50. The van der Waals surface area contributed by atoms with Crippen LogP contribution in [0.1, 0.15) is 35.5 Å². The number of ether oxygens (including phenoxy) is 1. The molecule has 1 spiro atoms. The molecular weight excluding hydrogens is 365 g/mol. The molecule has 8 heteroatoms. The van der Waals surface area contributed by atoms with Crippen molar-refractivity contribution < 1.29 is 23.1 Å². The van der Waals surface area contributed by atoms with Crippen LogP contribution in [-0.2, 0) is 9.53 Å². The van der Waals surface area contributed by atoms with Gasteiger partial charge in [-0.1, -0.05) is 6.07 Å². The molecule has 2 amide bonds. The summed E-state index contributed by atoms with van der Waals surface area (Å²) in [5.41, 5.74) is 0.314. The molecule has 0 N–H and O–H groups in total. The second kappa shape index (κ2) is 7.35. The number of aromatic nitrogens is 1. The third-order valence-corrected chi connectivity index (χ3v) is 5.50.